The highest BCUT2D eigenvalue weighted by Gasteiger charge is 2.20. The molecule has 1 saturated heterocycles. The second kappa shape index (κ2) is 9.15. The van der Waals surface area contributed by atoms with Crippen molar-refractivity contribution in [2.45, 2.75) is 12.6 Å². The summed E-state index contributed by atoms with van der Waals surface area (Å²) in [6.45, 7) is 2.52. The molecule has 1 aromatic heterocycles. The number of aliphatic hydroxyl groups is 1. The zero-order valence-corrected chi connectivity index (χ0v) is 16.9. The van der Waals surface area contributed by atoms with Gasteiger partial charge in [0.2, 0.25) is 0 Å². The topological polar surface area (TPSA) is 86.0 Å². The molecule has 0 aliphatic carbocycles. The van der Waals surface area contributed by atoms with Crippen molar-refractivity contribution in [3.8, 4) is 11.5 Å². The number of anilines is 1. The van der Waals surface area contributed by atoms with Crippen molar-refractivity contribution in [3.05, 3.63) is 58.9 Å². The monoisotopic (exact) mass is 411 g/mol. The SMILES string of the molecule is COc1ccc(OC[C@H](O)Cn2c(=O)c(N3CCOCC3)nc3ccccc32)cc1. The number of morpholine rings is 1. The van der Waals surface area contributed by atoms with Crippen LogP contribution in [-0.2, 0) is 11.3 Å². The van der Waals surface area contributed by atoms with Crippen molar-refractivity contribution in [2.75, 3.05) is 44.9 Å². The van der Waals surface area contributed by atoms with Crippen molar-refractivity contribution >= 4 is 16.9 Å². The first-order valence-electron chi connectivity index (χ1n) is 9.93. The highest BCUT2D eigenvalue weighted by Crippen LogP contribution is 2.18. The van der Waals surface area contributed by atoms with E-state index in [2.05, 4.69) is 4.98 Å². The number of benzene rings is 2. The molecule has 0 unspecified atom stereocenters. The lowest BCUT2D eigenvalue weighted by Crippen LogP contribution is -2.42. The zero-order chi connectivity index (χ0) is 20.9. The lowest BCUT2D eigenvalue weighted by molar-refractivity contribution is 0.0925. The molecular weight excluding hydrogens is 386 g/mol. The average Bonchev–Trinajstić information content (AvgIpc) is 2.80. The molecule has 8 heteroatoms. The predicted octanol–water partition coefficient (Wildman–Crippen LogP) is 1.68. The van der Waals surface area contributed by atoms with E-state index in [1.807, 2.05) is 29.2 Å². The summed E-state index contributed by atoms with van der Waals surface area (Å²) in [5.74, 6) is 1.74. The van der Waals surface area contributed by atoms with Crippen LogP contribution < -0.4 is 19.9 Å². The van der Waals surface area contributed by atoms with Crippen LogP contribution >= 0.6 is 0 Å². The Labute approximate surface area is 174 Å². The summed E-state index contributed by atoms with van der Waals surface area (Å²) >= 11 is 0. The Morgan fingerprint density at radius 3 is 2.53 bits per heavy atom. The van der Waals surface area contributed by atoms with Crippen LogP contribution in [0.2, 0.25) is 0 Å². The summed E-state index contributed by atoms with van der Waals surface area (Å²) in [5.41, 5.74) is 1.17. The van der Waals surface area contributed by atoms with E-state index in [0.29, 0.717) is 48.9 Å². The first-order chi connectivity index (χ1) is 14.7. The molecule has 2 heterocycles. The van der Waals surface area contributed by atoms with Crippen LogP contribution in [0.1, 0.15) is 0 Å². The second-order valence-electron chi connectivity index (χ2n) is 7.08. The number of methoxy groups -OCH3 is 1. The van der Waals surface area contributed by atoms with Crippen LogP contribution in [-0.4, -0.2) is 60.8 Å². The van der Waals surface area contributed by atoms with Gasteiger partial charge in [0, 0.05) is 13.1 Å². The number of aromatic nitrogens is 2. The van der Waals surface area contributed by atoms with E-state index in [1.54, 1.807) is 35.9 Å². The first kappa shape index (κ1) is 20.2. The maximum absolute atomic E-state index is 13.2. The molecule has 4 rings (SSSR count). The van der Waals surface area contributed by atoms with E-state index >= 15 is 0 Å². The van der Waals surface area contributed by atoms with Crippen molar-refractivity contribution < 1.29 is 19.3 Å². The number of aliphatic hydroxyl groups excluding tert-OH is 1. The number of fused-ring (bicyclic) bond motifs is 1. The molecule has 1 aliphatic heterocycles. The summed E-state index contributed by atoms with van der Waals surface area (Å²) < 4.78 is 17.8. The fourth-order valence-electron chi connectivity index (χ4n) is 3.47. The third-order valence-electron chi connectivity index (χ3n) is 5.04. The number of hydrogen-bond donors (Lipinski definition) is 1. The third-order valence-corrected chi connectivity index (χ3v) is 5.04. The minimum atomic E-state index is -0.867. The minimum absolute atomic E-state index is 0.0578. The number of nitrogens with zero attached hydrogens (tertiary/aromatic N) is 3. The van der Waals surface area contributed by atoms with E-state index in [4.69, 9.17) is 14.2 Å². The van der Waals surface area contributed by atoms with Gasteiger partial charge in [0.25, 0.3) is 5.56 Å². The van der Waals surface area contributed by atoms with Gasteiger partial charge >= 0.3 is 0 Å². The van der Waals surface area contributed by atoms with E-state index in [1.165, 1.54) is 0 Å². The summed E-state index contributed by atoms with van der Waals surface area (Å²) in [7, 11) is 1.60. The van der Waals surface area contributed by atoms with Crippen molar-refractivity contribution in [1.29, 1.82) is 0 Å². The lowest BCUT2D eigenvalue weighted by Gasteiger charge is -2.28. The number of hydrogen-bond acceptors (Lipinski definition) is 7. The van der Waals surface area contributed by atoms with Crippen LogP contribution in [0, 0.1) is 0 Å². The van der Waals surface area contributed by atoms with Crippen LogP contribution in [0.25, 0.3) is 11.0 Å². The maximum Gasteiger partial charge on any atom is 0.294 e. The number of ether oxygens (including phenoxy) is 3. The molecule has 1 aliphatic rings. The Kier molecular flexibility index (Phi) is 6.15. The van der Waals surface area contributed by atoms with Gasteiger partial charge in [0.1, 0.15) is 24.2 Å². The van der Waals surface area contributed by atoms with Gasteiger partial charge in [-0.1, -0.05) is 12.1 Å². The van der Waals surface area contributed by atoms with Gasteiger partial charge in [0.05, 0.1) is 37.9 Å². The molecule has 1 atom stereocenters. The summed E-state index contributed by atoms with van der Waals surface area (Å²) in [4.78, 5) is 19.7. The Morgan fingerprint density at radius 1 is 1.10 bits per heavy atom. The van der Waals surface area contributed by atoms with Crippen molar-refractivity contribution in [1.82, 2.24) is 9.55 Å². The smallest absolute Gasteiger partial charge is 0.294 e. The Bertz CT molecular complexity index is 1040. The van der Waals surface area contributed by atoms with Gasteiger partial charge in [-0.05, 0) is 36.4 Å². The number of para-hydroxylation sites is 2. The molecule has 0 bridgehead atoms. The van der Waals surface area contributed by atoms with Crippen LogP contribution in [0.4, 0.5) is 5.82 Å². The number of rotatable bonds is 7. The minimum Gasteiger partial charge on any atom is -0.497 e. The molecule has 0 amide bonds. The maximum atomic E-state index is 13.2. The highest BCUT2D eigenvalue weighted by atomic mass is 16.5. The van der Waals surface area contributed by atoms with Crippen LogP contribution in [0.15, 0.2) is 53.3 Å². The first-order valence-corrected chi connectivity index (χ1v) is 9.93. The molecule has 0 radical (unpaired) electrons. The normalized spacial score (nSPS) is 15.2. The van der Waals surface area contributed by atoms with Gasteiger partial charge in [-0.3, -0.25) is 4.79 Å². The molecule has 30 heavy (non-hydrogen) atoms. The molecule has 158 valence electrons. The summed E-state index contributed by atoms with van der Waals surface area (Å²) in [5, 5.41) is 10.6. The molecule has 3 aromatic rings. The van der Waals surface area contributed by atoms with E-state index in [0.717, 1.165) is 5.75 Å². The van der Waals surface area contributed by atoms with Gasteiger partial charge < -0.3 is 28.8 Å². The zero-order valence-electron chi connectivity index (χ0n) is 16.9. The molecule has 1 fully saturated rings. The molecule has 0 spiro atoms. The predicted molar refractivity (Wildman–Crippen MR) is 114 cm³/mol. The molecule has 1 N–H and O–H groups in total. The van der Waals surface area contributed by atoms with Gasteiger partial charge in [-0.15, -0.1) is 0 Å². The quantitative estimate of drug-likeness (QED) is 0.633. The Hall–Kier alpha value is -3.10. The van der Waals surface area contributed by atoms with Gasteiger partial charge in [0.15, 0.2) is 5.82 Å². The molecule has 8 nitrogen and oxygen atoms in total. The van der Waals surface area contributed by atoms with E-state index in [9.17, 15) is 9.90 Å². The fourth-order valence-corrected chi connectivity index (χ4v) is 3.47. The lowest BCUT2D eigenvalue weighted by atomic mass is 10.2. The highest BCUT2D eigenvalue weighted by molar-refractivity contribution is 5.76. The Morgan fingerprint density at radius 2 is 1.80 bits per heavy atom. The summed E-state index contributed by atoms with van der Waals surface area (Å²) in [6.07, 6.45) is -0.867. The Balaban J connectivity index is 1.55. The average molecular weight is 411 g/mol. The second-order valence-corrected chi connectivity index (χ2v) is 7.08. The van der Waals surface area contributed by atoms with Crippen LogP contribution in [0.5, 0.6) is 11.5 Å². The van der Waals surface area contributed by atoms with Crippen molar-refractivity contribution in [3.63, 3.8) is 0 Å². The van der Waals surface area contributed by atoms with E-state index < -0.39 is 6.10 Å². The third kappa shape index (κ3) is 4.39. The van der Waals surface area contributed by atoms with Gasteiger partial charge in [-0.2, -0.15) is 0 Å². The molecule has 2 aromatic carbocycles. The summed E-state index contributed by atoms with van der Waals surface area (Å²) in [6, 6.07) is 14.6. The fraction of sp³-hybridized carbons (Fsp3) is 0.364. The van der Waals surface area contributed by atoms with Crippen LogP contribution in [0.3, 0.4) is 0 Å². The largest absolute Gasteiger partial charge is 0.497 e. The molecular formula is C22H25N3O5. The standard InChI is InChI=1S/C22H25N3O5/c1-28-17-6-8-18(9-7-17)30-15-16(26)14-25-20-5-3-2-4-19(20)23-21(22(25)27)24-10-12-29-13-11-24/h2-9,16,26H,10-15H2,1H3/t16-/m1/s1. The van der Waals surface area contributed by atoms with Gasteiger partial charge in [-0.25, -0.2) is 4.98 Å². The van der Waals surface area contributed by atoms with E-state index in [-0.39, 0.29) is 18.7 Å². The molecule has 0 saturated carbocycles. The van der Waals surface area contributed by atoms with Crippen molar-refractivity contribution in [2.24, 2.45) is 0 Å².